The van der Waals surface area contributed by atoms with Crippen LogP contribution in [0.3, 0.4) is 0 Å². The van der Waals surface area contributed by atoms with E-state index in [1.165, 1.54) is 0 Å². The fourth-order valence-corrected chi connectivity index (χ4v) is 1.35. The van der Waals surface area contributed by atoms with Gasteiger partial charge in [0.1, 0.15) is 0 Å². The first-order valence-electron chi connectivity index (χ1n) is 4.42. The van der Waals surface area contributed by atoms with Crippen LogP contribution in [0.1, 0.15) is 33.1 Å². The molecule has 0 aromatic heterocycles. The van der Waals surface area contributed by atoms with Crippen LogP contribution < -0.4 is 0 Å². The highest BCUT2D eigenvalue weighted by Crippen LogP contribution is 2.25. The van der Waals surface area contributed by atoms with E-state index in [0.29, 0.717) is 12.5 Å². The molecule has 2 nitrogen and oxygen atoms in total. The topological polar surface area (TPSA) is 29.5 Å². The Labute approximate surface area is 68.6 Å². The van der Waals surface area contributed by atoms with Crippen molar-refractivity contribution >= 4 is 0 Å². The second-order valence-corrected chi connectivity index (χ2v) is 3.96. The van der Waals surface area contributed by atoms with Gasteiger partial charge in [0, 0.05) is 13.0 Å². The van der Waals surface area contributed by atoms with E-state index < -0.39 is 5.60 Å². The molecule has 0 aliphatic carbocycles. The Morgan fingerprint density at radius 3 is 2.73 bits per heavy atom. The van der Waals surface area contributed by atoms with Crippen molar-refractivity contribution in [2.45, 2.75) is 38.7 Å². The van der Waals surface area contributed by atoms with Gasteiger partial charge in [-0.3, -0.25) is 0 Å². The molecular weight excluding hydrogens is 140 g/mol. The molecule has 1 rings (SSSR count). The number of aliphatic hydroxyl groups is 1. The van der Waals surface area contributed by atoms with Gasteiger partial charge in [-0.15, -0.1) is 0 Å². The van der Waals surface area contributed by atoms with Crippen molar-refractivity contribution in [2.24, 2.45) is 5.92 Å². The highest BCUT2D eigenvalue weighted by atomic mass is 16.5. The zero-order chi connectivity index (χ0) is 8.32. The van der Waals surface area contributed by atoms with Gasteiger partial charge in [0.25, 0.3) is 0 Å². The Kier molecular flexibility index (Phi) is 2.90. The van der Waals surface area contributed by atoms with Crippen LogP contribution >= 0.6 is 0 Å². The molecule has 0 amide bonds. The lowest BCUT2D eigenvalue weighted by molar-refractivity contribution is 0.0150. The molecule has 1 N–H and O–H groups in total. The molecule has 2 heteroatoms. The molecule has 1 aliphatic rings. The van der Waals surface area contributed by atoms with E-state index in [1.54, 1.807) is 0 Å². The van der Waals surface area contributed by atoms with Crippen molar-refractivity contribution in [3.05, 3.63) is 0 Å². The fourth-order valence-electron chi connectivity index (χ4n) is 1.35. The number of hydrogen-bond donors (Lipinski definition) is 1. The largest absolute Gasteiger partial charge is 0.387 e. The van der Waals surface area contributed by atoms with Gasteiger partial charge in [-0.05, 0) is 18.8 Å². The van der Waals surface area contributed by atoms with E-state index in [4.69, 9.17) is 4.74 Å². The van der Waals surface area contributed by atoms with Crippen LogP contribution in [0.2, 0.25) is 0 Å². The normalized spacial score (nSPS) is 31.6. The first kappa shape index (κ1) is 9.01. The lowest BCUT2D eigenvalue weighted by Gasteiger charge is -2.20. The Bertz CT molecular complexity index is 115. The van der Waals surface area contributed by atoms with Crippen molar-refractivity contribution in [1.29, 1.82) is 0 Å². The maximum atomic E-state index is 9.82. The quantitative estimate of drug-likeness (QED) is 0.675. The molecule has 1 heterocycles. The monoisotopic (exact) mass is 158 g/mol. The van der Waals surface area contributed by atoms with Crippen LogP contribution in [0.4, 0.5) is 0 Å². The molecule has 0 aromatic carbocycles. The smallest absolute Gasteiger partial charge is 0.0902 e. The summed E-state index contributed by atoms with van der Waals surface area (Å²) in [6, 6.07) is 0. The third-order valence-electron chi connectivity index (χ3n) is 2.27. The van der Waals surface area contributed by atoms with Crippen LogP contribution in [0.5, 0.6) is 0 Å². The summed E-state index contributed by atoms with van der Waals surface area (Å²) < 4.78 is 5.14. The number of rotatable bonds is 3. The lowest BCUT2D eigenvalue weighted by Crippen LogP contribution is -2.28. The van der Waals surface area contributed by atoms with Gasteiger partial charge >= 0.3 is 0 Å². The third kappa shape index (κ3) is 2.80. The third-order valence-corrected chi connectivity index (χ3v) is 2.27. The molecule has 1 aliphatic heterocycles. The fraction of sp³-hybridized carbons (Fsp3) is 1.00. The van der Waals surface area contributed by atoms with Gasteiger partial charge in [0.15, 0.2) is 0 Å². The summed E-state index contributed by atoms with van der Waals surface area (Å²) in [7, 11) is 0. The van der Waals surface area contributed by atoms with Crippen molar-refractivity contribution in [1.82, 2.24) is 0 Å². The summed E-state index contributed by atoms with van der Waals surface area (Å²) in [6.45, 7) is 5.63. The SMILES string of the molecule is CC(C)CCC1(O)CCOC1. The zero-order valence-electron chi connectivity index (χ0n) is 7.47. The maximum absolute atomic E-state index is 9.82. The molecule has 66 valence electrons. The highest BCUT2D eigenvalue weighted by Gasteiger charge is 2.31. The lowest BCUT2D eigenvalue weighted by atomic mass is 9.93. The number of ether oxygens (including phenoxy) is 1. The van der Waals surface area contributed by atoms with E-state index in [-0.39, 0.29) is 0 Å². The molecule has 1 atom stereocenters. The molecule has 0 radical (unpaired) electrons. The van der Waals surface area contributed by atoms with Crippen molar-refractivity contribution < 1.29 is 9.84 Å². The predicted octanol–water partition coefficient (Wildman–Crippen LogP) is 1.57. The molecule has 11 heavy (non-hydrogen) atoms. The van der Waals surface area contributed by atoms with E-state index in [9.17, 15) is 5.11 Å². The van der Waals surface area contributed by atoms with Crippen LogP contribution in [-0.2, 0) is 4.74 Å². The second-order valence-electron chi connectivity index (χ2n) is 3.96. The molecule has 1 unspecified atom stereocenters. The van der Waals surface area contributed by atoms with Crippen molar-refractivity contribution in [3.63, 3.8) is 0 Å². The summed E-state index contributed by atoms with van der Waals surface area (Å²) in [5.41, 5.74) is -0.496. The molecule has 0 bridgehead atoms. The second kappa shape index (κ2) is 3.55. The minimum Gasteiger partial charge on any atom is -0.387 e. The van der Waals surface area contributed by atoms with Gasteiger partial charge in [-0.2, -0.15) is 0 Å². The van der Waals surface area contributed by atoms with Gasteiger partial charge in [-0.25, -0.2) is 0 Å². The van der Waals surface area contributed by atoms with Crippen molar-refractivity contribution in [2.75, 3.05) is 13.2 Å². The molecule has 0 aromatic rings. The molecular formula is C9H18O2. The van der Waals surface area contributed by atoms with E-state index >= 15 is 0 Å². The Morgan fingerprint density at radius 2 is 2.27 bits per heavy atom. The zero-order valence-corrected chi connectivity index (χ0v) is 7.47. The summed E-state index contributed by atoms with van der Waals surface area (Å²) >= 11 is 0. The Hall–Kier alpha value is -0.0800. The van der Waals surface area contributed by atoms with E-state index in [2.05, 4.69) is 13.8 Å². The van der Waals surface area contributed by atoms with E-state index in [0.717, 1.165) is 25.9 Å². The van der Waals surface area contributed by atoms with Crippen LogP contribution in [0, 0.1) is 5.92 Å². The average molecular weight is 158 g/mol. The van der Waals surface area contributed by atoms with Gasteiger partial charge < -0.3 is 9.84 Å². The Morgan fingerprint density at radius 1 is 1.55 bits per heavy atom. The summed E-state index contributed by atoms with van der Waals surface area (Å²) in [6.07, 6.45) is 2.81. The first-order valence-corrected chi connectivity index (χ1v) is 4.42. The minimum absolute atomic E-state index is 0.496. The summed E-state index contributed by atoms with van der Waals surface area (Å²) in [5.74, 6) is 0.680. The van der Waals surface area contributed by atoms with Crippen LogP contribution in [-0.4, -0.2) is 23.9 Å². The average Bonchev–Trinajstić information content (AvgIpc) is 2.33. The standard InChI is InChI=1S/C9H18O2/c1-8(2)3-4-9(10)5-6-11-7-9/h8,10H,3-7H2,1-2H3. The van der Waals surface area contributed by atoms with Crippen LogP contribution in [0.25, 0.3) is 0 Å². The maximum Gasteiger partial charge on any atom is 0.0902 e. The van der Waals surface area contributed by atoms with Crippen LogP contribution in [0.15, 0.2) is 0 Å². The molecule has 0 saturated carbocycles. The predicted molar refractivity (Wildman–Crippen MR) is 44.5 cm³/mol. The molecule has 1 fully saturated rings. The van der Waals surface area contributed by atoms with E-state index in [1.807, 2.05) is 0 Å². The first-order chi connectivity index (χ1) is 5.12. The molecule has 1 saturated heterocycles. The summed E-state index contributed by atoms with van der Waals surface area (Å²) in [5, 5.41) is 9.82. The van der Waals surface area contributed by atoms with Crippen molar-refractivity contribution in [3.8, 4) is 0 Å². The highest BCUT2D eigenvalue weighted by molar-refractivity contribution is 4.82. The van der Waals surface area contributed by atoms with Gasteiger partial charge in [-0.1, -0.05) is 13.8 Å². The van der Waals surface area contributed by atoms with Gasteiger partial charge in [0.05, 0.1) is 12.2 Å². The molecule has 0 spiro atoms. The van der Waals surface area contributed by atoms with Gasteiger partial charge in [0.2, 0.25) is 0 Å². The number of hydrogen-bond acceptors (Lipinski definition) is 2. The minimum atomic E-state index is -0.496. The summed E-state index contributed by atoms with van der Waals surface area (Å²) in [4.78, 5) is 0. The Balaban J connectivity index is 2.23.